The third-order valence-electron chi connectivity index (χ3n) is 4.11. The lowest BCUT2D eigenvalue weighted by Gasteiger charge is -2.18. The van der Waals surface area contributed by atoms with E-state index in [-0.39, 0.29) is 25.0 Å². The Balaban J connectivity index is 2.01. The zero-order valence-corrected chi connectivity index (χ0v) is 18.3. The smallest absolute Gasteiger partial charge is 0.407 e. The normalized spacial score (nSPS) is 11.8. The summed E-state index contributed by atoms with van der Waals surface area (Å²) in [5, 5.41) is 6.71. The Morgan fingerprint density at radius 1 is 1.10 bits per heavy atom. The van der Waals surface area contributed by atoms with E-state index in [1.54, 1.807) is 26.2 Å². The van der Waals surface area contributed by atoms with E-state index in [1.165, 1.54) is 6.21 Å². The van der Waals surface area contributed by atoms with Gasteiger partial charge in [0.25, 0.3) is 0 Å². The fourth-order valence-corrected chi connectivity index (χ4v) is 2.78. The van der Waals surface area contributed by atoms with Gasteiger partial charge in [0.2, 0.25) is 5.91 Å². The Hall–Kier alpha value is -3.55. The quantitative estimate of drug-likeness (QED) is 0.444. The van der Waals surface area contributed by atoms with Gasteiger partial charge in [0.05, 0.1) is 38.5 Å². The first-order valence-electron chi connectivity index (χ1n) is 10.1. The third kappa shape index (κ3) is 8.00. The lowest BCUT2D eigenvalue weighted by molar-refractivity contribution is -0.121. The second kappa shape index (κ2) is 12.2. The number of hydrogen-bond donors (Lipinski definition) is 2. The lowest BCUT2D eigenvalue weighted by atomic mass is 10.0. The molecule has 0 saturated heterocycles. The van der Waals surface area contributed by atoms with Gasteiger partial charge in [0.15, 0.2) is 11.5 Å². The van der Waals surface area contributed by atoms with Crippen LogP contribution < -0.4 is 20.2 Å². The fraction of sp³-hybridized carbons (Fsp3) is 0.348. The van der Waals surface area contributed by atoms with Crippen LogP contribution >= 0.6 is 0 Å². The van der Waals surface area contributed by atoms with E-state index < -0.39 is 12.1 Å². The predicted octanol–water partition coefficient (Wildman–Crippen LogP) is 3.81. The maximum atomic E-state index is 12.4. The summed E-state index contributed by atoms with van der Waals surface area (Å²) in [5.41, 5.74) is 4.01. The molecule has 0 aliphatic carbocycles. The minimum atomic E-state index is -0.580. The molecule has 2 aromatic rings. The molecule has 0 fully saturated rings. The Labute approximate surface area is 182 Å². The van der Waals surface area contributed by atoms with E-state index in [1.807, 2.05) is 50.2 Å². The molecule has 0 saturated carbocycles. The molecule has 1 atom stereocenters. The largest absolute Gasteiger partial charge is 0.493 e. The highest BCUT2D eigenvalue weighted by molar-refractivity contribution is 5.83. The molecular formula is C23H29N3O5. The van der Waals surface area contributed by atoms with Crippen LogP contribution in [0.2, 0.25) is 0 Å². The van der Waals surface area contributed by atoms with Crippen molar-refractivity contribution in [2.45, 2.75) is 39.3 Å². The summed E-state index contributed by atoms with van der Waals surface area (Å²) in [6.07, 6.45) is 0.956. The van der Waals surface area contributed by atoms with Gasteiger partial charge >= 0.3 is 6.09 Å². The second-order valence-corrected chi connectivity index (χ2v) is 6.90. The molecule has 0 aliphatic rings. The number of alkyl carbamates (subject to hydrolysis) is 1. The highest BCUT2D eigenvalue weighted by Gasteiger charge is 2.18. The van der Waals surface area contributed by atoms with Crippen LogP contribution in [0.15, 0.2) is 53.6 Å². The lowest BCUT2D eigenvalue weighted by Crippen LogP contribution is -2.33. The van der Waals surface area contributed by atoms with Gasteiger partial charge < -0.3 is 19.5 Å². The number of nitrogens with one attached hydrogen (secondary N) is 2. The van der Waals surface area contributed by atoms with Gasteiger partial charge in [-0.3, -0.25) is 4.79 Å². The summed E-state index contributed by atoms with van der Waals surface area (Å²) >= 11 is 0. The van der Waals surface area contributed by atoms with Crippen molar-refractivity contribution in [3.8, 4) is 11.5 Å². The van der Waals surface area contributed by atoms with Gasteiger partial charge in [-0.2, -0.15) is 5.10 Å². The molecule has 2 amide bonds. The molecule has 0 aliphatic heterocycles. The van der Waals surface area contributed by atoms with Crippen molar-refractivity contribution in [2.75, 3.05) is 13.7 Å². The molecule has 0 radical (unpaired) electrons. The Morgan fingerprint density at radius 2 is 1.84 bits per heavy atom. The minimum Gasteiger partial charge on any atom is -0.493 e. The van der Waals surface area contributed by atoms with Crippen LogP contribution in [-0.2, 0) is 9.53 Å². The van der Waals surface area contributed by atoms with Gasteiger partial charge in [-0.25, -0.2) is 10.2 Å². The topological polar surface area (TPSA) is 98.2 Å². The summed E-state index contributed by atoms with van der Waals surface area (Å²) in [5.74, 6) is 0.856. The molecule has 0 unspecified atom stereocenters. The number of carbonyl (C=O) groups excluding carboxylic acids is 2. The standard InChI is InChI=1S/C23H29N3O5/c1-5-30-23(28)25-19(18-9-7-6-8-10-18)14-22(27)26-24-15-17-11-12-20(31-16(2)3)21(13-17)29-4/h6-13,15-16,19H,5,14H2,1-4H3,(H,25,28)(H,26,27)/b24-15-/t19-/m0/s1. The first-order chi connectivity index (χ1) is 14.9. The van der Waals surface area contributed by atoms with Gasteiger partial charge in [0.1, 0.15) is 0 Å². The molecule has 8 nitrogen and oxygen atoms in total. The van der Waals surface area contributed by atoms with Crippen molar-refractivity contribution < 1.29 is 23.8 Å². The Bertz CT molecular complexity index is 884. The van der Waals surface area contributed by atoms with E-state index in [4.69, 9.17) is 14.2 Å². The Morgan fingerprint density at radius 3 is 2.48 bits per heavy atom. The summed E-state index contributed by atoms with van der Waals surface area (Å²) in [6, 6.07) is 14.0. The molecule has 2 rings (SSSR count). The van der Waals surface area contributed by atoms with Gasteiger partial charge in [-0.15, -0.1) is 0 Å². The highest BCUT2D eigenvalue weighted by atomic mass is 16.5. The predicted molar refractivity (Wildman–Crippen MR) is 118 cm³/mol. The van der Waals surface area contributed by atoms with E-state index >= 15 is 0 Å². The number of amides is 2. The fourth-order valence-electron chi connectivity index (χ4n) is 2.78. The number of benzene rings is 2. The van der Waals surface area contributed by atoms with Crippen LogP contribution in [0.1, 0.15) is 44.4 Å². The SMILES string of the molecule is CCOC(=O)N[C@@H](CC(=O)N/N=C\c1ccc(OC(C)C)c(OC)c1)c1ccccc1. The molecule has 2 N–H and O–H groups in total. The highest BCUT2D eigenvalue weighted by Crippen LogP contribution is 2.28. The number of carbonyl (C=O) groups is 2. The number of nitrogens with zero attached hydrogens (tertiary/aromatic N) is 1. The van der Waals surface area contributed by atoms with Crippen molar-refractivity contribution in [1.82, 2.24) is 10.7 Å². The second-order valence-electron chi connectivity index (χ2n) is 6.90. The molecule has 0 spiro atoms. The average Bonchev–Trinajstić information content (AvgIpc) is 2.74. The first-order valence-corrected chi connectivity index (χ1v) is 10.1. The van der Waals surface area contributed by atoms with E-state index in [9.17, 15) is 9.59 Å². The van der Waals surface area contributed by atoms with Gasteiger partial charge in [0, 0.05) is 0 Å². The van der Waals surface area contributed by atoms with Crippen LogP contribution in [0.3, 0.4) is 0 Å². The van der Waals surface area contributed by atoms with E-state index in [2.05, 4.69) is 15.8 Å². The molecule has 0 aromatic heterocycles. The van der Waals surface area contributed by atoms with Crippen LogP contribution in [-0.4, -0.2) is 38.0 Å². The first kappa shape index (κ1) is 23.7. The van der Waals surface area contributed by atoms with Crippen molar-refractivity contribution in [1.29, 1.82) is 0 Å². The molecule has 0 heterocycles. The maximum Gasteiger partial charge on any atom is 0.407 e. The van der Waals surface area contributed by atoms with Crippen LogP contribution in [0.5, 0.6) is 11.5 Å². The Kier molecular flexibility index (Phi) is 9.35. The van der Waals surface area contributed by atoms with Gasteiger partial charge in [-0.05, 0) is 50.1 Å². The van der Waals surface area contributed by atoms with Crippen molar-refractivity contribution >= 4 is 18.2 Å². The molecule has 31 heavy (non-hydrogen) atoms. The van der Waals surface area contributed by atoms with Crippen LogP contribution in [0, 0.1) is 0 Å². The van der Waals surface area contributed by atoms with Crippen molar-refractivity contribution in [3.63, 3.8) is 0 Å². The average molecular weight is 428 g/mol. The van der Waals surface area contributed by atoms with Crippen molar-refractivity contribution in [2.24, 2.45) is 5.10 Å². The van der Waals surface area contributed by atoms with Crippen LogP contribution in [0.25, 0.3) is 0 Å². The van der Waals surface area contributed by atoms with E-state index in [0.29, 0.717) is 11.5 Å². The summed E-state index contributed by atoms with van der Waals surface area (Å²) < 4.78 is 16.0. The summed E-state index contributed by atoms with van der Waals surface area (Å²) in [6.45, 7) is 5.83. The number of ether oxygens (including phenoxy) is 3. The van der Waals surface area contributed by atoms with E-state index in [0.717, 1.165) is 11.1 Å². The summed E-state index contributed by atoms with van der Waals surface area (Å²) in [4.78, 5) is 24.2. The maximum absolute atomic E-state index is 12.4. The molecular weight excluding hydrogens is 398 g/mol. The summed E-state index contributed by atoms with van der Waals surface area (Å²) in [7, 11) is 1.56. The molecule has 0 bridgehead atoms. The van der Waals surface area contributed by atoms with Crippen molar-refractivity contribution in [3.05, 3.63) is 59.7 Å². The van der Waals surface area contributed by atoms with Gasteiger partial charge in [-0.1, -0.05) is 30.3 Å². The monoisotopic (exact) mass is 427 g/mol. The van der Waals surface area contributed by atoms with Crippen LogP contribution in [0.4, 0.5) is 4.79 Å². The molecule has 8 heteroatoms. The molecule has 2 aromatic carbocycles. The number of methoxy groups -OCH3 is 1. The third-order valence-corrected chi connectivity index (χ3v) is 4.11. The zero-order chi connectivity index (χ0) is 22.6. The number of hydrazone groups is 1. The zero-order valence-electron chi connectivity index (χ0n) is 18.3. The molecule has 166 valence electrons. The number of rotatable bonds is 10. The minimum absolute atomic E-state index is 0.00462. The number of hydrogen-bond acceptors (Lipinski definition) is 6.